The predicted octanol–water partition coefficient (Wildman–Crippen LogP) is 2.59. The number of aliphatic hydroxyl groups excluding tert-OH is 1. The summed E-state index contributed by atoms with van der Waals surface area (Å²) in [6, 6.07) is 20.2. The molecule has 3 aromatic rings. The minimum absolute atomic E-state index is 0.0403. The van der Waals surface area contributed by atoms with Gasteiger partial charge in [0.25, 0.3) is 0 Å². The van der Waals surface area contributed by atoms with E-state index in [2.05, 4.69) is 48.4 Å². The molecule has 5 heteroatoms. The van der Waals surface area contributed by atoms with E-state index >= 15 is 0 Å². The van der Waals surface area contributed by atoms with Crippen molar-refractivity contribution < 1.29 is 5.11 Å². The summed E-state index contributed by atoms with van der Waals surface area (Å²) < 4.78 is 1.87. The van der Waals surface area contributed by atoms with Gasteiger partial charge < -0.3 is 10.8 Å². The van der Waals surface area contributed by atoms with Crippen LogP contribution in [-0.2, 0) is 12.0 Å². The molecule has 0 saturated heterocycles. The fourth-order valence-corrected chi connectivity index (χ4v) is 3.54. The molecule has 136 valence electrons. The molecule has 1 atom stereocenters. The van der Waals surface area contributed by atoms with Gasteiger partial charge in [0, 0.05) is 19.1 Å². The van der Waals surface area contributed by atoms with E-state index in [1.54, 1.807) is 0 Å². The third-order valence-electron chi connectivity index (χ3n) is 4.90. The minimum atomic E-state index is -0.683. The third-order valence-corrected chi connectivity index (χ3v) is 4.90. The molecule has 0 unspecified atom stereocenters. The molecule has 0 aliphatic heterocycles. The molecule has 1 heterocycles. The number of nitrogens with zero attached hydrogens (tertiary/aromatic N) is 3. The lowest BCUT2D eigenvalue weighted by molar-refractivity contribution is 0.259. The first-order chi connectivity index (χ1) is 12.6. The van der Waals surface area contributed by atoms with E-state index in [1.165, 1.54) is 0 Å². The van der Waals surface area contributed by atoms with Gasteiger partial charge in [-0.25, -0.2) is 4.68 Å². The summed E-state index contributed by atoms with van der Waals surface area (Å²) in [5.74, 6) is 0.209. The van der Waals surface area contributed by atoms with Crippen molar-refractivity contribution in [3.8, 4) is 0 Å². The normalized spacial score (nSPS) is 13.1. The molecule has 26 heavy (non-hydrogen) atoms. The second-order valence-electron chi connectivity index (χ2n) is 6.90. The summed E-state index contributed by atoms with van der Waals surface area (Å²) in [5, 5.41) is 18.0. The lowest BCUT2D eigenvalue weighted by Crippen LogP contribution is -2.54. The minimum Gasteiger partial charge on any atom is -0.396 e. The van der Waals surface area contributed by atoms with Crippen LogP contribution >= 0.6 is 0 Å². The van der Waals surface area contributed by atoms with E-state index in [0.717, 1.165) is 16.8 Å². The molecule has 0 aliphatic carbocycles. The summed E-state index contributed by atoms with van der Waals surface area (Å²) in [6.07, 6.45) is 2.37. The molecule has 3 N–H and O–H groups in total. The maximum atomic E-state index is 9.26. The largest absolute Gasteiger partial charge is 0.396 e. The Kier molecular flexibility index (Phi) is 5.49. The Morgan fingerprint density at radius 2 is 1.54 bits per heavy atom. The highest BCUT2D eigenvalue weighted by Crippen LogP contribution is 2.38. The van der Waals surface area contributed by atoms with Crippen molar-refractivity contribution in [1.29, 1.82) is 0 Å². The topological polar surface area (TPSA) is 77.0 Å². The van der Waals surface area contributed by atoms with Crippen LogP contribution in [-0.4, -0.2) is 32.7 Å². The zero-order valence-electron chi connectivity index (χ0n) is 15.3. The molecule has 1 aromatic heterocycles. The number of hydrogen-bond acceptors (Lipinski definition) is 4. The van der Waals surface area contributed by atoms with E-state index in [-0.39, 0.29) is 18.6 Å². The number of aromatic nitrogens is 3. The van der Waals surface area contributed by atoms with Crippen molar-refractivity contribution in [2.24, 2.45) is 11.7 Å². The molecule has 3 rings (SSSR count). The number of aliphatic hydroxyl groups is 1. The lowest BCUT2D eigenvalue weighted by Gasteiger charge is -2.41. The van der Waals surface area contributed by atoms with Crippen molar-refractivity contribution in [3.05, 3.63) is 83.7 Å². The first-order valence-electron chi connectivity index (χ1n) is 9.00. The van der Waals surface area contributed by atoms with Gasteiger partial charge in [-0.2, -0.15) is 0 Å². The summed E-state index contributed by atoms with van der Waals surface area (Å²) in [4.78, 5) is 0. The van der Waals surface area contributed by atoms with E-state index in [0.29, 0.717) is 6.42 Å². The Labute approximate surface area is 154 Å². The highest BCUT2D eigenvalue weighted by Gasteiger charge is 2.44. The summed E-state index contributed by atoms with van der Waals surface area (Å²) in [7, 11) is 0. The quantitative estimate of drug-likeness (QED) is 0.687. The van der Waals surface area contributed by atoms with Gasteiger partial charge in [0.05, 0.1) is 11.9 Å². The maximum Gasteiger partial charge on any atom is 0.129 e. The van der Waals surface area contributed by atoms with Crippen LogP contribution in [0.4, 0.5) is 0 Å². The summed E-state index contributed by atoms with van der Waals surface area (Å²) in [5.41, 5.74) is 9.03. The fraction of sp³-hybridized carbons (Fsp3) is 0.333. The van der Waals surface area contributed by atoms with Gasteiger partial charge in [0.2, 0.25) is 0 Å². The van der Waals surface area contributed by atoms with E-state index < -0.39 is 5.54 Å². The van der Waals surface area contributed by atoms with Crippen molar-refractivity contribution in [3.63, 3.8) is 0 Å². The zero-order valence-corrected chi connectivity index (χ0v) is 15.3. The number of hydrogen-bond donors (Lipinski definition) is 2. The van der Waals surface area contributed by atoms with Gasteiger partial charge in [-0.1, -0.05) is 79.7 Å². The first-order valence-corrected chi connectivity index (χ1v) is 9.00. The maximum absolute atomic E-state index is 9.26. The Bertz CT molecular complexity index is 775. The Morgan fingerprint density at radius 3 is 2.00 bits per heavy atom. The molecule has 0 bridgehead atoms. The molecule has 0 fully saturated rings. The lowest BCUT2D eigenvalue weighted by atomic mass is 9.73. The summed E-state index contributed by atoms with van der Waals surface area (Å²) in [6.45, 7) is 4.28. The van der Waals surface area contributed by atoms with Gasteiger partial charge in [-0.15, -0.1) is 5.10 Å². The van der Waals surface area contributed by atoms with Gasteiger partial charge in [-0.3, -0.25) is 0 Å². The van der Waals surface area contributed by atoms with E-state index in [9.17, 15) is 5.11 Å². The molecule has 5 nitrogen and oxygen atoms in total. The Balaban J connectivity index is 2.31. The van der Waals surface area contributed by atoms with Crippen molar-refractivity contribution in [2.45, 2.75) is 31.8 Å². The Morgan fingerprint density at radius 1 is 1.00 bits per heavy atom. The Hall–Kier alpha value is -2.50. The monoisotopic (exact) mass is 350 g/mol. The van der Waals surface area contributed by atoms with Crippen LogP contribution in [0.25, 0.3) is 0 Å². The van der Waals surface area contributed by atoms with Crippen LogP contribution in [0.2, 0.25) is 0 Å². The van der Waals surface area contributed by atoms with Crippen molar-refractivity contribution in [1.82, 2.24) is 15.0 Å². The van der Waals surface area contributed by atoms with Gasteiger partial charge in [-0.05, 0) is 17.0 Å². The van der Waals surface area contributed by atoms with Gasteiger partial charge >= 0.3 is 0 Å². The van der Waals surface area contributed by atoms with E-state index in [1.807, 2.05) is 47.3 Å². The molecule has 0 saturated carbocycles. The number of rotatable bonds is 7. The predicted molar refractivity (Wildman–Crippen MR) is 103 cm³/mol. The molecule has 0 aliphatic rings. The van der Waals surface area contributed by atoms with Crippen molar-refractivity contribution in [2.75, 3.05) is 6.61 Å². The SMILES string of the molecule is CC(C)[C@H](N)C(c1ccccc1)(c1ccccc1)n1cc(CCO)nn1. The smallest absolute Gasteiger partial charge is 0.129 e. The van der Waals surface area contributed by atoms with Gasteiger partial charge in [0.1, 0.15) is 5.54 Å². The van der Waals surface area contributed by atoms with Gasteiger partial charge in [0.15, 0.2) is 0 Å². The number of benzene rings is 2. The second kappa shape index (κ2) is 7.81. The van der Waals surface area contributed by atoms with Crippen LogP contribution < -0.4 is 5.73 Å². The van der Waals surface area contributed by atoms with E-state index in [4.69, 9.17) is 5.73 Å². The highest BCUT2D eigenvalue weighted by atomic mass is 16.3. The molecular weight excluding hydrogens is 324 g/mol. The average Bonchev–Trinajstić information content (AvgIpc) is 3.13. The molecule has 2 aromatic carbocycles. The standard InChI is InChI=1S/C21H26N4O/c1-16(2)20(22)21(17-9-5-3-6-10-17,18-11-7-4-8-12-18)25-15-19(13-14-26)23-24-25/h3-12,15-16,20,26H,13-14,22H2,1-2H3/t20-/m0/s1. The molecule has 0 spiro atoms. The van der Waals surface area contributed by atoms with Crippen LogP contribution in [0, 0.1) is 5.92 Å². The molecule has 0 radical (unpaired) electrons. The number of nitrogens with two attached hydrogens (primary N) is 1. The third kappa shape index (κ3) is 3.16. The van der Waals surface area contributed by atoms with Crippen LogP contribution in [0.1, 0.15) is 30.7 Å². The summed E-state index contributed by atoms with van der Waals surface area (Å²) >= 11 is 0. The fourth-order valence-electron chi connectivity index (χ4n) is 3.54. The van der Waals surface area contributed by atoms with Crippen LogP contribution in [0.15, 0.2) is 66.9 Å². The zero-order chi connectivity index (χ0) is 18.6. The highest BCUT2D eigenvalue weighted by molar-refractivity contribution is 5.42. The van der Waals surface area contributed by atoms with Crippen LogP contribution in [0.3, 0.4) is 0 Å². The second-order valence-corrected chi connectivity index (χ2v) is 6.90. The average molecular weight is 350 g/mol. The molecular formula is C21H26N4O. The van der Waals surface area contributed by atoms with Crippen LogP contribution in [0.5, 0.6) is 0 Å². The van der Waals surface area contributed by atoms with Crippen molar-refractivity contribution >= 4 is 0 Å². The molecule has 0 amide bonds. The first kappa shape index (κ1) is 18.3.